The normalized spacial score (nSPS) is 16.4. The number of fused-ring (bicyclic) bond motifs is 1. The number of benzene rings is 2. The number of aromatic nitrogens is 1. The average Bonchev–Trinajstić information content (AvgIpc) is 2.81. The van der Waals surface area contributed by atoms with Gasteiger partial charge in [0.25, 0.3) is 5.91 Å². The molecule has 1 aliphatic rings. The molecule has 0 saturated carbocycles. The van der Waals surface area contributed by atoms with Crippen molar-refractivity contribution in [2.24, 2.45) is 5.92 Å². The molecule has 2 amide bonds. The Bertz CT molecular complexity index is 1170. The van der Waals surface area contributed by atoms with E-state index in [1.54, 1.807) is 0 Å². The van der Waals surface area contributed by atoms with Crippen LogP contribution in [0.15, 0.2) is 48.5 Å². The van der Waals surface area contributed by atoms with Crippen LogP contribution in [0.25, 0.3) is 22.2 Å². The van der Waals surface area contributed by atoms with Gasteiger partial charge in [0.15, 0.2) is 0 Å². The summed E-state index contributed by atoms with van der Waals surface area (Å²) >= 11 is 0. The molecule has 1 saturated heterocycles. The third kappa shape index (κ3) is 6.00. The number of aryl methyl sites for hydroxylation is 1. The fourth-order valence-electron chi connectivity index (χ4n) is 4.69. The third-order valence-electron chi connectivity index (χ3n) is 6.39. The van der Waals surface area contributed by atoms with Crippen molar-refractivity contribution in [2.45, 2.75) is 40.0 Å². The lowest BCUT2D eigenvalue weighted by molar-refractivity contribution is -0.114. The van der Waals surface area contributed by atoms with Crippen molar-refractivity contribution in [3.05, 3.63) is 59.7 Å². The van der Waals surface area contributed by atoms with E-state index in [9.17, 15) is 9.59 Å². The van der Waals surface area contributed by atoms with Gasteiger partial charge in [-0.2, -0.15) is 0 Å². The van der Waals surface area contributed by atoms with Gasteiger partial charge in [-0.25, -0.2) is 4.98 Å². The standard InChI is InChI=1S/C28H34N4O2/c1-19-7-12-26-24(16-19)25(28(34)29-13-5-15-32-14-4-6-20(2)18-32)17-27(31-26)22-8-10-23(11-9-22)30-21(3)33/h7-12,16-17,20H,4-6,13-15,18H2,1-3H3,(H,29,34)(H,30,33)/t20-/m0/s1. The molecule has 2 heterocycles. The second-order valence-electron chi connectivity index (χ2n) is 9.49. The van der Waals surface area contributed by atoms with Gasteiger partial charge in [0.05, 0.1) is 16.8 Å². The second kappa shape index (κ2) is 10.8. The highest BCUT2D eigenvalue weighted by Gasteiger charge is 2.17. The fourth-order valence-corrected chi connectivity index (χ4v) is 4.69. The van der Waals surface area contributed by atoms with Gasteiger partial charge in [-0.15, -0.1) is 0 Å². The Morgan fingerprint density at radius 3 is 2.65 bits per heavy atom. The lowest BCUT2D eigenvalue weighted by Gasteiger charge is -2.30. The molecule has 178 valence electrons. The molecule has 2 N–H and O–H groups in total. The van der Waals surface area contributed by atoms with Crippen molar-refractivity contribution in [3.8, 4) is 11.3 Å². The predicted octanol–water partition coefficient (Wildman–Crippen LogP) is 5.02. The molecule has 34 heavy (non-hydrogen) atoms. The summed E-state index contributed by atoms with van der Waals surface area (Å²) in [6.45, 7) is 9.82. The Labute approximate surface area is 201 Å². The monoisotopic (exact) mass is 458 g/mol. The Kier molecular flexibility index (Phi) is 7.58. The number of amides is 2. The van der Waals surface area contributed by atoms with Crippen LogP contribution < -0.4 is 10.6 Å². The van der Waals surface area contributed by atoms with Gasteiger partial charge in [0.1, 0.15) is 0 Å². The van der Waals surface area contributed by atoms with Gasteiger partial charge in [-0.3, -0.25) is 9.59 Å². The Morgan fingerprint density at radius 2 is 1.91 bits per heavy atom. The van der Waals surface area contributed by atoms with Crippen molar-refractivity contribution in [1.29, 1.82) is 0 Å². The number of hydrogen-bond donors (Lipinski definition) is 2. The topological polar surface area (TPSA) is 74.3 Å². The summed E-state index contributed by atoms with van der Waals surface area (Å²) in [5.74, 6) is 0.585. The smallest absolute Gasteiger partial charge is 0.252 e. The van der Waals surface area contributed by atoms with Crippen LogP contribution in [0, 0.1) is 12.8 Å². The number of piperidine rings is 1. The first kappa shape index (κ1) is 23.9. The van der Waals surface area contributed by atoms with E-state index in [0.29, 0.717) is 12.1 Å². The minimum Gasteiger partial charge on any atom is -0.352 e. The van der Waals surface area contributed by atoms with Crippen molar-refractivity contribution in [1.82, 2.24) is 15.2 Å². The van der Waals surface area contributed by atoms with Crippen LogP contribution in [-0.2, 0) is 4.79 Å². The van der Waals surface area contributed by atoms with E-state index < -0.39 is 0 Å². The Balaban J connectivity index is 1.51. The molecule has 0 unspecified atom stereocenters. The zero-order valence-corrected chi connectivity index (χ0v) is 20.4. The molecule has 0 bridgehead atoms. The van der Waals surface area contributed by atoms with Gasteiger partial charge in [-0.05, 0) is 75.5 Å². The Hall–Kier alpha value is -3.25. The number of hydrogen-bond acceptors (Lipinski definition) is 4. The molecule has 6 nitrogen and oxygen atoms in total. The van der Waals surface area contributed by atoms with Crippen LogP contribution in [0.2, 0.25) is 0 Å². The van der Waals surface area contributed by atoms with Crippen LogP contribution in [-0.4, -0.2) is 47.9 Å². The molecule has 2 aromatic carbocycles. The number of rotatable bonds is 7. The van der Waals surface area contributed by atoms with Crippen LogP contribution >= 0.6 is 0 Å². The highest BCUT2D eigenvalue weighted by molar-refractivity contribution is 6.07. The average molecular weight is 459 g/mol. The van der Waals surface area contributed by atoms with Crippen LogP contribution in [0.5, 0.6) is 0 Å². The summed E-state index contributed by atoms with van der Waals surface area (Å²) in [5.41, 5.74) is 4.88. The molecule has 4 rings (SSSR count). The molecule has 1 fully saturated rings. The van der Waals surface area contributed by atoms with E-state index in [2.05, 4.69) is 22.5 Å². The van der Waals surface area contributed by atoms with Crippen molar-refractivity contribution < 1.29 is 9.59 Å². The zero-order chi connectivity index (χ0) is 24.1. The number of pyridine rings is 1. The fraction of sp³-hybridized carbons (Fsp3) is 0.393. The summed E-state index contributed by atoms with van der Waals surface area (Å²) in [5, 5.41) is 6.77. The molecule has 0 spiro atoms. The van der Waals surface area contributed by atoms with Crippen molar-refractivity contribution in [3.63, 3.8) is 0 Å². The van der Waals surface area contributed by atoms with E-state index in [1.165, 1.54) is 19.8 Å². The van der Waals surface area contributed by atoms with Crippen molar-refractivity contribution >= 4 is 28.4 Å². The SMILES string of the molecule is CC(=O)Nc1ccc(-c2cc(C(=O)NCCCN3CCC[C@H](C)C3)c3cc(C)ccc3n2)cc1. The lowest BCUT2D eigenvalue weighted by atomic mass is 10.0. The zero-order valence-electron chi connectivity index (χ0n) is 20.4. The third-order valence-corrected chi connectivity index (χ3v) is 6.39. The van der Waals surface area contributed by atoms with E-state index >= 15 is 0 Å². The summed E-state index contributed by atoms with van der Waals surface area (Å²) in [7, 11) is 0. The molecule has 1 aliphatic heterocycles. The summed E-state index contributed by atoms with van der Waals surface area (Å²) in [6.07, 6.45) is 3.53. The minimum absolute atomic E-state index is 0.0684. The molecule has 0 radical (unpaired) electrons. The number of carbonyl (C=O) groups is 2. The molecular weight excluding hydrogens is 424 g/mol. The van der Waals surface area contributed by atoms with E-state index in [1.807, 2.05) is 55.5 Å². The van der Waals surface area contributed by atoms with Crippen molar-refractivity contribution in [2.75, 3.05) is 31.5 Å². The molecular formula is C28H34N4O2. The maximum absolute atomic E-state index is 13.2. The van der Waals surface area contributed by atoms with Gasteiger partial charge in [0.2, 0.25) is 5.91 Å². The summed E-state index contributed by atoms with van der Waals surface area (Å²) in [6, 6.07) is 15.4. The quantitative estimate of drug-likeness (QED) is 0.488. The molecule has 3 aromatic rings. The molecule has 6 heteroatoms. The number of anilines is 1. The maximum Gasteiger partial charge on any atom is 0.252 e. The minimum atomic E-state index is -0.110. The highest BCUT2D eigenvalue weighted by Crippen LogP contribution is 2.27. The van der Waals surface area contributed by atoms with Crippen LogP contribution in [0.4, 0.5) is 5.69 Å². The summed E-state index contributed by atoms with van der Waals surface area (Å²) < 4.78 is 0. The molecule has 1 aromatic heterocycles. The first-order valence-electron chi connectivity index (χ1n) is 12.2. The van der Waals surface area contributed by atoms with E-state index in [0.717, 1.165) is 65.4 Å². The first-order chi connectivity index (χ1) is 16.4. The Morgan fingerprint density at radius 1 is 1.12 bits per heavy atom. The highest BCUT2D eigenvalue weighted by atomic mass is 16.2. The van der Waals surface area contributed by atoms with E-state index in [-0.39, 0.29) is 11.8 Å². The maximum atomic E-state index is 13.2. The largest absolute Gasteiger partial charge is 0.352 e. The predicted molar refractivity (Wildman–Crippen MR) is 138 cm³/mol. The summed E-state index contributed by atoms with van der Waals surface area (Å²) in [4.78, 5) is 31.9. The number of nitrogens with one attached hydrogen (secondary N) is 2. The van der Waals surface area contributed by atoms with Crippen LogP contribution in [0.1, 0.15) is 49.0 Å². The second-order valence-corrected chi connectivity index (χ2v) is 9.49. The number of nitrogens with zero attached hydrogens (tertiary/aromatic N) is 2. The van der Waals surface area contributed by atoms with Gasteiger partial charge in [-0.1, -0.05) is 30.7 Å². The number of carbonyl (C=O) groups excluding carboxylic acids is 2. The van der Waals surface area contributed by atoms with Gasteiger partial charge < -0.3 is 15.5 Å². The number of likely N-dealkylation sites (tertiary alicyclic amines) is 1. The van der Waals surface area contributed by atoms with Gasteiger partial charge in [0, 0.05) is 36.7 Å². The molecule has 0 aliphatic carbocycles. The van der Waals surface area contributed by atoms with Gasteiger partial charge >= 0.3 is 0 Å². The van der Waals surface area contributed by atoms with Crippen LogP contribution in [0.3, 0.4) is 0 Å². The van der Waals surface area contributed by atoms with E-state index in [4.69, 9.17) is 4.98 Å². The first-order valence-corrected chi connectivity index (χ1v) is 12.2. The molecule has 1 atom stereocenters. The lowest BCUT2D eigenvalue weighted by Crippen LogP contribution is -2.36.